The molecule has 0 fully saturated rings. The molecule has 0 radical (unpaired) electrons. The van der Waals surface area contributed by atoms with Gasteiger partial charge in [0.05, 0.1) is 6.61 Å². The summed E-state index contributed by atoms with van der Waals surface area (Å²) in [6.45, 7) is 5.59. The summed E-state index contributed by atoms with van der Waals surface area (Å²) in [7, 11) is 0. The van der Waals surface area contributed by atoms with Gasteiger partial charge in [-0.2, -0.15) is 0 Å². The Balaban J connectivity index is 2.94. The summed E-state index contributed by atoms with van der Waals surface area (Å²) in [5.41, 5.74) is 5.91. The first-order chi connectivity index (χ1) is 8.04. The molecule has 1 aromatic heterocycles. The minimum atomic E-state index is -0.571. The number of carbonyl (C=O) groups is 1. The fraction of sp³-hybridized carbons (Fsp3) is 0.500. The Morgan fingerprint density at radius 2 is 2.35 bits per heavy atom. The molecule has 17 heavy (non-hydrogen) atoms. The number of ether oxygens (including phenoxy) is 1. The molecule has 0 saturated carbocycles. The van der Waals surface area contributed by atoms with Gasteiger partial charge < -0.3 is 15.3 Å². The maximum absolute atomic E-state index is 11.7. The number of esters is 1. The summed E-state index contributed by atoms with van der Waals surface area (Å²) in [6, 6.07) is 0. The van der Waals surface area contributed by atoms with Gasteiger partial charge in [-0.1, -0.05) is 5.16 Å². The SMILES string of the molecule is CCOC(=O)/C(=N\OC(C)C)c1csc(N)n1. The lowest BCUT2D eigenvalue weighted by Gasteiger charge is -2.05. The molecular formula is C10H15N3O3S. The number of rotatable bonds is 5. The van der Waals surface area contributed by atoms with E-state index in [-0.39, 0.29) is 18.4 Å². The van der Waals surface area contributed by atoms with E-state index in [9.17, 15) is 4.79 Å². The molecule has 0 unspecified atom stereocenters. The van der Waals surface area contributed by atoms with Crippen LogP contribution in [0.2, 0.25) is 0 Å². The summed E-state index contributed by atoms with van der Waals surface area (Å²) in [4.78, 5) is 20.7. The van der Waals surface area contributed by atoms with Crippen molar-refractivity contribution in [2.24, 2.45) is 5.16 Å². The van der Waals surface area contributed by atoms with Crippen molar-refractivity contribution in [2.45, 2.75) is 26.9 Å². The zero-order valence-electron chi connectivity index (χ0n) is 9.97. The Morgan fingerprint density at radius 1 is 1.65 bits per heavy atom. The van der Waals surface area contributed by atoms with Crippen LogP contribution in [0.1, 0.15) is 26.5 Å². The molecule has 0 bridgehead atoms. The largest absolute Gasteiger partial charge is 0.461 e. The first-order valence-electron chi connectivity index (χ1n) is 5.17. The molecule has 0 amide bonds. The molecule has 1 heterocycles. The van der Waals surface area contributed by atoms with Gasteiger partial charge in [0.25, 0.3) is 0 Å². The van der Waals surface area contributed by atoms with E-state index in [0.717, 1.165) is 0 Å². The van der Waals surface area contributed by atoms with E-state index in [4.69, 9.17) is 15.3 Å². The van der Waals surface area contributed by atoms with E-state index in [1.807, 2.05) is 13.8 Å². The van der Waals surface area contributed by atoms with Gasteiger partial charge in [0.15, 0.2) is 5.13 Å². The van der Waals surface area contributed by atoms with Gasteiger partial charge in [-0.05, 0) is 20.8 Å². The van der Waals surface area contributed by atoms with Crippen molar-refractivity contribution in [3.63, 3.8) is 0 Å². The van der Waals surface area contributed by atoms with E-state index in [1.165, 1.54) is 11.3 Å². The van der Waals surface area contributed by atoms with E-state index in [1.54, 1.807) is 12.3 Å². The minimum Gasteiger partial charge on any atom is -0.461 e. The standard InChI is InChI=1S/C10H15N3O3S/c1-4-15-9(14)8(13-16-6(2)3)7-5-17-10(11)12-7/h5-6H,4H2,1-3H3,(H2,11,12)/b13-8-. The van der Waals surface area contributed by atoms with Crippen LogP contribution in [0, 0.1) is 0 Å². The van der Waals surface area contributed by atoms with Crippen LogP contribution >= 0.6 is 11.3 Å². The summed E-state index contributed by atoms with van der Waals surface area (Å²) in [5, 5.41) is 5.75. The number of oxime groups is 1. The van der Waals surface area contributed by atoms with Crippen molar-refractivity contribution >= 4 is 28.1 Å². The molecule has 0 aliphatic carbocycles. The van der Waals surface area contributed by atoms with Gasteiger partial charge in [-0.15, -0.1) is 11.3 Å². The molecule has 1 rings (SSSR count). The second kappa shape index (κ2) is 6.19. The molecule has 0 aromatic carbocycles. The molecule has 0 aliphatic rings. The zero-order chi connectivity index (χ0) is 12.8. The molecule has 0 atom stereocenters. The summed E-state index contributed by atoms with van der Waals surface area (Å²) >= 11 is 1.22. The van der Waals surface area contributed by atoms with Crippen LogP contribution < -0.4 is 5.73 Å². The number of anilines is 1. The lowest BCUT2D eigenvalue weighted by molar-refractivity contribution is -0.135. The smallest absolute Gasteiger partial charge is 0.362 e. The van der Waals surface area contributed by atoms with Crippen LogP contribution in [0.5, 0.6) is 0 Å². The highest BCUT2D eigenvalue weighted by atomic mass is 32.1. The fourth-order valence-electron chi connectivity index (χ4n) is 0.943. The summed E-state index contributed by atoms with van der Waals surface area (Å²) in [6.07, 6.45) is -0.129. The number of hydrogen-bond acceptors (Lipinski definition) is 7. The lowest BCUT2D eigenvalue weighted by Crippen LogP contribution is -2.20. The Kier molecular flexibility index (Phi) is 4.89. The highest BCUT2D eigenvalue weighted by Gasteiger charge is 2.19. The number of carbonyl (C=O) groups excluding carboxylic acids is 1. The van der Waals surface area contributed by atoms with E-state index >= 15 is 0 Å². The fourth-order valence-corrected chi connectivity index (χ4v) is 1.49. The Hall–Kier alpha value is -1.63. The summed E-state index contributed by atoms with van der Waals surface area (Å²) in [5.74, 6) is -0.571. The topological polar surface area (TPSA) is 86.8 Å². The number of hydrogen-bond donors (Lipinski definition) is 1. The Labute approximate surface area is 103 Å². The van der Waals surface area contributed by atoms with Gasteiger partial charge in [-0.25, -0.2) is 9.78 Å². The average molecular weight is 257 g/mol. The molecule has 7 heteroatoms. The van der Waals surface area contributed by atoms with E-state index in [0.29, 0.717) is 10.8 Å². The van der Waals surface area contributed by atoms with Crippen molar-refractivity contribution in [1.82, 2.24) is 4.98 Å². The molecule has 1 aromatic rings. The Morgan fingerprint density at radius 3 is 2.82 bits per heavy atom. The third kappa shape index (κ3) is 4.03. The second-order valence-corrected chi connectivity index (χ2v) is 4.28. The quantitative estimate of drug-likeness (QED) is 0.489. The highest BCUT2D eigenvalue weighted by Crippen LogP contribution is 2.13. The maximum atomic E-state index is 11.7. The number of thiazole rings is 1. The molecule has 94 valence electrons. The van der Waals surface area contributed by atoms with Gasteiger partial charge in [0, 0.05) is 5.38 Å². The van der Waals surface area contributed by atoms with E-state index in [2.05, 4.69) is 10.1 Å². The number of nitrogens with zero attached hydrogens (tertiary/aromatic N) is 2. The third-order valence-corrected chi connectivity index (χ3v) is 2.26. The monoisotopic (exact) mass is 257 g/mol. The van der Waals surface area contributed by atoms with Crippen LogP contribution in [-0.4, -0.2) is 29.4 Å². The van der Waals surface area contributed by atoms with Crippen molar-refractivity contribution in [2.75, 3.05) is 12.3 Å². The first-order valence-corrected chi connectivity index (χ1v) is 6.04. The maximum Gasteiger partial charge on any atom is 0.362 e. The molecule has 0 spiro atoms. The number of aromatic nitrogens is 1. The second-order valence-electron chi connectivity index (χ2n) is 3.39. The van der Waals surface area contributed by atoms with Gasteiger partial charge in [0.1, 0.15) is 11.8 Å². The normalized spacial score (nSPS) is 11.6. The predicted molar refractivity (Wildman–Crippen MR) is 65.9 cm³/mol. The van der Waals surface area contributed by atoms with Crippen LogP contribution in [0.15, 0.2) is 10.5 Å². The van der Waals surface area contributed by atoms with Crippen molar-refractivity contribution in [3.8, 4) is 0 Å². The Bertz CT molecular complexity index is 415. The van der Waals surface area contributed by atoms with E-state index < -0.39 is 5.97 Å². The summed E-state index contributed by atoms with van der Waals surface area (Å²) < 4.78 is 4.87. The van der Waals surface area contributed by atoms with Crippen molar-refractivity contribution in [3.05, 3.63) is 11.1 Å². The first kappa shape index (κ1) is 13.4. The predicted octanol–water partition coefficient (Wildman–Crippen LogP) is 1.42. The van der Waals surface area contributed by atoms with Crippen molar-refractivity contribution in [1.29, 1.82) is 0 Å². The zero-order valence-corrected chi connectivity index (χ0v) is 10.8. The molecule has 6 nitrogen and oxygen atoms in total. The lowest BCUT2D eigenvalue weighted by atomic mass is 10.3. The van der Waals surface area contributed by atoms with Crippen LogP contribution in [0.25, 0.3) is 0 Å². The van der Waals surface area contributed by atoms with Crippen LogP contribution in [-0.2, 0) is 14.4 Å². The average Bonchev–Trinajstić information content (AvgIpc) is 2.65. The highest BCUT2D eigenvalue weighted by molar-refractivity contribution is 7.13. The molecule has 0 aliphatic heterocycles. The van der Waals surface area contributed by atoms with Crippen LogP contribution in [0.3, 0.4) is 0 Å². The number of nitrogens with two attached hydrogens (primary N) is 1. The van der Waals surface area contributed by atoms with Gasteiger partial charge in [0.2, 0.25) is 5.71 Å². The molecule has 2 N–H and O–H groups in total. The molecule has 0 saturated heterocycles. The van der Waals surface area contributed by atoms with Crippen molar-refractivity contribution < 1.29 is 14.4 Å². The van der Waals surface area contributed by atoms with Gasteiger partial charge in [-0.3, -0.25) is 0 Å². The van der Waals surface area contributed by atoms with Crippen LogP contribution in [0.4, 0.5) is 5.13 Å². The van der Waals surface area contributed by atoms with Gasteiger partial charge >= 0.3 is 5.97 Å². The minimum absolute atomic E-state index is 0.0356. The number of nitrogen functional groups attached to an aromatic ring is 1. The third-order valence-electron chi connectivity index (χ3n) is 1.59. The molecular weight excluding hydrogens is 242 g/mol.